The first kappa shape index (κ1) is 12.1. The molecular weight excluding hydrogens is 260 g/mol. The number of benzene rings is 2. The lowest BCUT2D eigenvalue weighted by Gasteiger charge is -2.21. The number of ether oxygens (including phenoxy) is 2. The Balaban J connectivity index is 1.99. The first-order chi connectivity index (χ1) is 9.28. The van der Waals surface area contributed by atoms with Crippen LogP contribution in [0.25, 0.3) is 0 Å². The molecule has 0 atom stereocenters. The molecule has 0 aromatic heterocycles. The molecule has 0 radical (unpaired) electrons. The highest BCUT2D eigenvalue weighted by Gasteiger charge is 2.21. The van der Waals surface area contributed by atoms with E-state index in [0.717, 1.165) is 21.3 Å². The van der Waals surface area contributed by atoms with E-state index in [-0.39, 0.29) is 5.97 Å². The summed E-state index contributed by atoms with van der Waals surface area (Å²) >= 11 is 1.56. The van der Waals surface area contributed by atoms with Gasteiger partial charge in [0.25, 0.3) is 0 Å². The van der Waals surface area contributed by atoms with Crippen LogP contribution < -0.4 is 9.47 Å². The number of fused-ring (bicyclic) bond motifs is 2. The lowest BCUT2D eigenvalue weighted by atomic mass is 10.3. The van der Waals surface area contributed by atoms with Gasteiger partial charge in [-0.15, -0.1) is 0 Å². The average Bonchev–Trinajstić information content (AvgIpc) is 2.45. The van der Waals surface area contributed by atoms with Crippen molar-refractivity contribution in [1.82, 2.24) is 0 Å². The lowest BCUT2D eigenvalue weighted by molar-refractivity contribution is -0.134. The molecule has 0 amide bonds. The van der Waals surface area contributed by atoms with Crippen molar-refractivity contribution in [1.29, 1.82) is 0 Å². The second kappa shape index (κ2) is 4.97. The fraction of sp³-hybridized carbons (Fsp3) is 0.133. The zero-order valence-electron chi connectivity index (χ0n) is 10.4. The number of carbonyl (C=O) groups excluding carboxylic acids is 1. The third-order valence-electron chi connectivity index (χ3n) is 2.74. The minimum absolute atomic E-state index is 0.243. The Morgan fingerprint density at radius 2 is 1.95 bits per heavy atom. The van der Waals surface area contributed by atoms with Gasteiger partial charge in [0.2, 0.25) is 0 Å². The van der Waals surface area contributed by atoms with Gasteiger partial charge < -0.3 is 9.47 Å². The summed E-state index contributed by atoms with van der Waals surface area (Å²) in [6.07, 6.45) is 0.353. The number of esters is 1. The van der Waals surface area contributed by atoms with Crippen LogP contribution in [0.3, 0.4) is 0 Å². The zero-order chi connectivity index (χ0) is 13.2. The SMILES string of the molecule is CCC(=O)Oc1cccc2c1Sc1ccccc1O2. The summed E-state index contributed by atoms with van der Waals surface area (Å²) in [6, 6.07) is 13.3. The maximum Gasteiger partial charge on any atom is 0.310 e. The molecule has 0 spiro atoms. The summed E-state index contributed by atoms with van der Waals surface area (Å²) in [5, 5.41) is 0. The van der Waals surface area contributed by atoms with Crippen molar-refractivity contribution >= 4 is 17.7 Å². The van der Waals surface area contributed by atoms with E-state index >= 15 is 0 Å². The lowest BCUT2D eigenvalue weighted by Crippen LogP contribution is -2.07. The van der Waals surface area contributed by atoms with Crippen LogP contribution in [0.5, 0.6) is 17.2 Å². The Hall–Kier alpha value is -1.94. The highest BCUT2D eigenvalue weighted by atomic mass is 32.2. The molecule has 1 heterocycles. The first-order valence-corrected chi connectivity index (χ1v) is 6.88. The van der Waals surface area contributed by atoms with Crippen molar-refractivity contribution in [3.8, 4) is 17.2 Å². The predicted molar refractivity (Wildman–Crippen MR) is 73.0 cm³/mol. The number of hydrogen-bond donors (Lipinski definition) is 0. The molecule has 2 aromatic rings. The normalized spacial score (nSPS) is 12.1. The molecule has 0 fully saturated rings. The van der Waals surface area contributed by atoms with Gasteiger partial charge in [-0.25, -0.2) is 0 Å². The molecule has 4 heteroatoms. The van der Waals surface area contributed by atoms with Gasteiger partial charge in [0.1, 0.15) is 17.2 Å². The van der Waals surface area contributed by atoms with Crippen LogP contribution in [0, 0.1) is 0 Å². The molecule has 0 unspecified atom stereocenters. The number of rotatable bonds is 2. The Kier molecular flexibility index (Phi) is 3.17. The number of hydrogen-bond acceptors (Lipinski definition) is 4. The maximum atomic E-state index is 11.4. The van der Waals surface area contributed by atoms with Crippen LogP contribution in [-0.4, -0.2) is 5.97 Å². The van der Waals surface area contributed by atoms with Crippen molar-refractivity contribution < 1.29 is 14.3 Å². The largest absolute Gasteiger partial charge is 0.455 e. The summed E-state index contributed by atoms with van der Waals surface area (Å²) in [6.45, 7) is 1.77. The van der Waals surface area contributed by atoms with Crippen LogP contribution in [0.4, 0.5) is 0 Å². The molecule has 0 N–H and O–H groups in total. The van der Waals surface area contributed by atoms with Crippen molar-refractivity contribution in [3.63, 3.8) is 0 Å². The Labute approximate surface area is 115 Å². The van der Waals surface area contributed by atoms with Gasteiger partial charge >= 0.3 is 5.97 Å². The van der Waals surface area contributed by atoms with Crippen molar-refractivity contribution in [2.75, 3.05) is 0 Å². The molecular formula is C15H12O3S. The Morgan fingerprint density at radius 3 is 2.79 bits per heavy atom. The predicted octanol–water partition coefficient (Wildman–Crippen LogP) is 4.26. The van der Waals surface area contributed by atoms with Crippen LogP contribution >= 0.6 is 11.8 Å². The molecule has 3 rings (SSSR count). The van der Waals surface area contributed by atoms with Gasteiger partial charge in [0.05, 0.1) is 9.79 Å². The molecule has 19 heavy (non-hydrogen) atoms. The minimum atomic E-state index is -0.243. The number of para-hydroxylation sites is 1. The average molecular weight is 272 g/mol. The van der Waals surface area contributed by atoms with Crippen molar-refractivity contribution in [2.24, 2.45) is 0 Å². The molecule has 96 valence electrons. The molecule has 1 aliphatic heterocycles. The van der Waals surface area contributed by atoms with Gasteiger partial charge in [-0.05, 0) is 24.3 Å². The highest BCUT2D eigenvalue weighted by molar-refractivity contribution is 7.99. The minimum Gasteiger partial charge on any atom is -0.455 e. The quantitative estimate of drug-likeness (QED) is 0.516. The summed E-state index contributed by atoms with van der Waals surface area (Å²) < 4.78 is 11.2. The van der Waals surface area contributed by atoms with E-state index in [1.54, 1.807) is 24.8 Å². The number of carbonyl (C=O) groups is 1. The molecule has 3 nitrogen and oxygen atoms in total. The topological polar surface area (TPSA) is 35.5 Å². The summed E-state index contributed by atoms with van der Waals surface area (Å²) in [5.41, 5.74) is 0. The van der Waals surface area contributed by atoms with E-state index in [1.807, 2.05) is 36.4 Å². The van der Waals surface area contributed by atoms with E-state index in [1.165, 1.54) is 0 Å². The molecule has 2 aromatic carbocycles. The van der Waals surface area contributed by atoms with E-state index < -0.39 is 0 Å². The van der Waals surface area contributed by atoms with Gasteiger partial charge in [-0.3, -0.25) is 4.79 Å². The molecule has 0 bridgehead atoms. The zero-order valence-corrected chi connectivity index (χ0v) is 11.2. The van der Waals surface area contributed by atoms with E-state index in [2.05, 4.69) is 0 Å². The van der Waals surface area contributed by atoms with Crippen LogP contribution in [-0.2, 0) is 4.79 Å². The van der Waals surface area contributed by atoms with Crippen LogP contribution in [0.15, 0.2) is 52.3 Å². The van der Waals surface area contributed by atoms with E-state index in [4.69, 9.17) is 9.47 Å². The monoisotopic (exact) mass is 272 g/mol. The molecule has 0 saturated carbocycles. The van der Waals surface area contributed by atoms with Gasteiger partial charge in [0.15, 0.2) is 0 Å². The van der Waals surface area contributed by atoms with Crippen LogP contribution in [0.1, 0.15) is 13.3 Å². The van der Waals surface area contributed by atoms with Crippen molar-refractivity contribution in [3.05, 3.63) is 42.5 Å². The smallest absolute Gasteiger partial charge is 0.310 e. The van der Waals surface area contributed by atoms with Crippen LogP contribution in [0.2, 0.25) is 0 Å². The summed E-state index contributed by atoms with van der Waals surface area (Å²) in [4.78, 5) is 13.3. The first-order valence-electron chi connectivity index (χ1n) is 6.06. The third kappa shape index (κ3) is 2.31. The van der Waals surface area contributed by atoms with E-state index in [0.29, 0.717) is 12.2 Å². The van der Waals surface area contributed by atoms with Gasteiger partial charge in [-0.1, -0.05) is 36.9 Å². The van der Waals surface area contributed by atoms with E-state index in [9.17, 15) is 4.79 Å². The van der Waals surface area contributed by atoms with Gasteiger partial charge in [-0.2, -0.15) is 0 Å². The second-order valence-electron chi connectivity index (χ2n) is 4.06. The van der Waals surface area contributed by atoms with Gasteiger partial charge in [0, 0.05) is 6.42 Å². The summed E-state index contributed by atoms with van der Waals surface area (Å²) in [7, 11) is 0. The Morgan fingerprint density at radius 1 is 1.16 bits per heavy atom. The highest BCUT2D eigenvalue weighted by Crippen LogP contribution is 2.50. The maximum absolute atomic E-state index is 11.4. The molecule has 0 saturated heterocycles. The molecule has 1 aliphatic rings. The summed E-state index contributed by atoms with van der Waals surface area (Å²) in [5.74, 6) is 1.88. The third-order valence-corrected chi connectivity index (χ3v) is 3.90. The fourth-order valence-electron chi connectivity index (χ4n) is 1.80. The second-order valence-corrected chi connectivity index (χ2v) is 5.11. The Bertz CT molecular complexity index is 637. The van der Waals surface area contributed by atoms with Crippen molar-refractivity contribution in [2.45, 2.75) is 23.1 Å². The fourth-order valence-corrected chi connectivity index (χ4v) is 2.80. The molecule has 0 aliphatic carbocycles. The standard InChI is InChI=1S/C15H12O3S/c1-2-14(16)18-12-8-5-7-11-15(12)19-13-9-4-3-6-10(13)17-11/h3-9H,2H2,1H3.